The van der Waals surface area contributed by atoms with Crippen molar-refractivity contribution in [3.05, 3.63) is 64.4 Å². The topological polar surface area (TPSA) is 20.2 Å². The molecule has 0 saturated carbocycles. The first kappa shape index (κ1) is 15.9. The zero-order valence-electron chi connectivity index (χ0n) is 11.3. The lowest BCUT2D eigenvalue weighted by atomic mass is 10.1. The molecule has 0 saturated heterocycles. The van der Waals surface area contributed by atoms with Crippen LogP contribution in [0.3, 0.4) is 0 Å². The van der Waals surface area contributed by atoms with Gasteiger partial charge < -0.3 is 5.11 Å². The highest BCUT2D eigenvalue weighted by atomic mass is 35.5. The van der Waals surface area contributed by atoms with Crippen LogP contribution in [0.25, 0.3) is 0 Å². The van der Waals surface area contributed by atoms with Crippen LogP contribution < -0.4 is 0 Å². The Morgan fingerprint density at radius 3 is 2.62 bits per heavy atom. The summed E-state index contributed by atoms with van der Waals surface area (Å²) in [6.45, 7) is 0.0155. The standard InChI is InChI=1S/C17H14ClFOS/c18-15-4-6-17(7-5-15)21-12-14-9-13(3-1-2-8-20)10-16(19)11-14/h4-7,9-11,20H,2,8,12H2. The molecule has 2 aromatic carbocycles. The molecule has 0 aliphatic carbocycles. The summed E-state index contributed by atoms with van der Waals surface area (Å²) in [7, 11) is 0. The van der Waals surface area contributed by atoms with E-state index in [1.165, 1.54) is 12.1 Å². The number of halogens is 2. The number of hydrogen-bond donors (Lipinski definition) is 1. The molecule has 0 unspecified atom stereocenters. The van der Waals surface area contributed by atoms with Crippen molar-refractivity contribution >= 4 is 23.4 Å². The molecule has 0 aliphatic heterocycles. The summed E-state index contributed by atoms with van der Waals surface area (Å²) in [6, 6.07) is 12.3. The van der Waals surface area contributed by atoms with Gasteiger partial charge in [-0.1, -0.05) is 23.4 Å². The molecular weight excluding hydrogens is 307 g/mol. The van der Waals surface area contributed by atoms with Gasteiger partial charge in [-0.15, -0.1) is 11.8 Å². The highest BCUT2D eigenvalue weighted by molar-refractivity contribution is 7.98. The normalized spacial score (nSPS) is 10.0. The summed E-state index contributed by atoms with van der Waals surface area (Å²) >= 11 is 7.45. The van der Waals surface area contributed by atoms with Gasteiger partial charge in [-0.3, -0.25) is 0 Å². The number of rotatable bonds is 4. The van der Waals surface area contributed by atoms with Crippen LogP contribution in [0.5, 0.6) is 0 Å². The molecule has 1 N–H and O–H groups in total. The molecule has 0 amide bonds. The summed E-state index contributed by atoms with van der Waals surface area (Å²) in [5.41, 5.74) is 1.51. The van der Waals surface area contributed by atoms with Crippen LogP contribution in [0.4, 0.5) is 4.39 Å². The molecule has 4 heteroatoms. The molecule has 2 rings (SSSR count). The van der Waals surface area contributed by atoms with E-state index in [4.69, 9.17) is 16.7 Å². The average molecular weight is 321 g/mol. The van der Waals surface area contributed by atoms with Gasteiger partial charge in [0.1, 0.15) is 5.82 Å². The van der Waals surface area contributed by atoms with Crippen LogP contribution in [0.15, 0.2) is 47.4 Å². The minimum absolute atomic E-state index is 0.0155. The highest BCUT2D eigenvalue weighted by Gasteiger charge is 2.01. The van der Waals surface area contributed by atoms with Gasteiger partial charge >= 0.3 is 0 Å². The molecule has 0 bridgehead atoms. The van der Waals surface area contributed by atoms with Crippen LogP contribution in [0.1, 0.15) is 17.5 Å². The third-order valence-electron chi connectivity index (χ3n) is 2.65. The largest absolute Gasteiger partial charge is 0.395 e. The molecule has 2 aromatic rings. The van der Waals surface area contributed by atoms with E-state index in [1.54, 1.807) is 11.8 Å². The summed E-state index contributed by atoms with van der Waals surface area (Å²) in [5.74, 6) is 6.02. The number of hydrogen-bond acceptors (Lipinski definition) is 2. The van der Waals surface area contributed by atoms with Gasteiger partial charge in [0.2, 0.25) is 0 Å². The Morgan fingerprint density at radius 1 is 1.14 bits per heavy atom. The van der Waals surface area contributed by atoms with Crippen LogP contribution >= 0.6 is 23.4 Å². The minimum Gasteiger partial charge on any atom is -0.395 e. The maximum atomic E-state index is 13.6. The third kappa shape index (κ3) is 5.43. The Morgan fingerprint density at radius 2 is 1.90 bits per heavy atom. The molecule has 0 aromatic heterocycles. The lowest BCUT2D eigenvalue weighted by molar-refractivity contribution is 0.305. The van der Waals surface area contributed by atoms with E-state index in [2.05, 4.69) is 11.8 Å². The lowest BCUT2D eigenvalue weighted by Gasteiger charge is -2.04. The van der Waals surface area contributed by atoms with Crippen molar-refractivity contribution in [1.82, 2.24) is 0 Å². The van der Waals surface area contributed by atoms with Crippen molar-refractivity contribution in [3.8, 4) is 11.8 Å². The monoisotopic (exact) mass is 320 g/mol. The molecule has 108 valence electrons. The Hall–Kier alpha value is -1.47. The zero-order valence-corrected chi connectivity index (χ0v) is 12.8. The van der Waals surface area contributed by atoms with Gasteiger partial charge in [0.25, 0.3) is 0 Å². The molecular formula is C17H14ClFOS. The fourth-order valence-electron chi connectivity index (χ4n) is 1.72. The number of aliphatic hydroxyl groups is 1. The van der Waals surface area contributed by atoms with Crippen molar-refractivity contribution < 1.29 is 9.50 Å². The molecule has 0 heterocycles. The number of thioether (sulfide) groups is 1. The second-order valence-electron chi connectivity index (χ2n) is 4.37. The second kappa shape index (κ2) is 8.09. The summed E-state index contributed by atoms with van der Waals surface area (Å²) in [5, 5.41) is 9.39. The molecule has 0 fully saturated rings. The quantitative estimate of drug-likeness (QED) is 0.661. The molecule has 0 radical (unpaired) electrons. The summed E-state index contributed by atoms with van der Waals surface area (Å²) < 4.78 is 13.6. The first-order valence-corrected chi connectivity index (χ1v) is 7.81. The predicted molar refractivity (Wildman–Crippen MR) is 86.0 cm³/mol. The first-order valence-electron chi connectivity index (χ1n) is 6.45. The Labute approximate surface area is 133 Å². The molecule has 1 nitrogen and oxygen atoms in total. The van der Waals surface area contributed by atoms with Crippen molar-refractivity contribution in [1.29, 1.82) is 0 Å². The van der Waals surface area contributed by atoms with Gasteiger partial charge in [0, 0.05) is 27.7 Å². The fraction of sp³-hybridized carbons (Fsp3) is 0.176. The Bertz CT molecular complexity index is 659. The SMILES string of the molecule is OCCC#Cc1cc(F)cc(CSc2ccc(Cl)cc2)c1. The van der Waals surface area contributed by atoms with E-state index < -0.39 is 0 Å². The van der Waals surface area contributed by atoms with Gasteiger partial charge in [0.05, 0.1) is 6.61 Å². The number of aliphatic hydroxyl groups excluding tert-OH is 1. The fourth-order valence-corrected chi connectivity index (χ4v) is 2.68. The van der Waals surface area contributed by atoms with Crippen molar-refractivity contribution in [2.24, 2.45) is 0 Å². The lowest BCUT2D eigenvalue weighted by Crippen LogP contribution is -1.87. The first-order chi connectivity index (χ1) is 10.2. The molecule has 0 atom stereocenters. The maximum absolute atomic E-state index is 13.6. The average Bonchev–Trinajstić information content (AvgIpc) is 2.46. The van der Waals surface area contributed by atoms with Gasteiger partial charge in [-0.2, -0.15) is 0 Å². The van der Waals surface area contributed by atoms with E-state index in [-0.39, 0.29) is 12.4 Å². The van der Waals surface area contributed by atoms with Crippen molar-refractivity contribution in [3.63, 3.8) is 0 Å². The van der Waals surface area contributed by atoms with Gasteiger partial charge in [-0.25, -0.2) is 4.39 Å². The molecule has 21 heavy (non-hydrogen) atoms. The molecule has 0 aliphatic rings. The Kier molecular flexibility index (Phi) is 6.13. The van der Waals surface area contributed by atoms with Crippen molar-refractivity contribution in [2.45, 2.75) is 17.1 Å². The van der Waals surface area contributed by atoms with E-state index in [9.17, 15) is 4.39 Å². The second-order valence-corrected chi connectivity index (χ2v) is 5.85. The third-order valence-corrected chi connectivity index (χ3v) is 3.98. The maximum Gasteiger partial charge on any atom is 0.124 e. The smallest absolute Gasteiger partial charge is 0.124 e. The predicted octanol–water partition coefficient (Wildman–Crippen LogP) is 4.51. The molecule has 0 spiro atoms. The van der Waals surface area contributed by atoms with Gasteiger partial charge in [-0.05, 0) is 48.0 Å². The minimum atomic E-state index is -0.294. The van der Waals surface area contributed by atoms with Crippen LogP contribution in [0.2, 0.25) is 5.02 Å². The zero-order chi connectivity index (χ0) is 15.1. The van der Waals surface area contributed by atoms with E-state index in [0.717, 1.165) is 10.5 Å². The van der Waals surface area contributed by atoms with Crippen LogP contribution in [-0.2, 0) is 5.75 Å². The van der Waals surface area contributed by atoms with Crippen LogP contribution in [-0.4, -0.2) is 11.7 Å². The van der Waals surface area contributed by atoms with Crippen LogP contribution in [0, 0.1) is 17.7 Å². The highest BCUT2D eigenvalue weighted by Crippen LogP contribution is 2.25. The number of benzene rings is 2. The summed E-state index contributed by atoms with van der Waals surface area (Å²) in [6.07, 6.45) is 0.394. The van der Waals surface area contributed by atoms with E-state index in [0.29, 0.717) is 22.8 Å². The van der Waals surface area contributed by atoms with Crippen molar-refractivity contribution in [2.75, 3.05) is 6.61 Å². The van der Waals surface area contributed by atoms with Gasteiger partial charge in [0.15, 0.2) is 0 Å². The van der Waals surface area contributed by atoms with E-state index in [1.807, 2.05) is 30.3 Å². The Balaban J connectivity index is 2.06. The van der Waals surface area contributed by atoms with E-state index >= 15 is 0 Å². The summed E-state index contributed by atoms with van der Waals surface area (Å²) in [4.78, 5) is 1.08.